The summed E-state index contributed by atoms with van der Waals surface area (Å²) in [4.78, 5) is 5.85. The standard InChI is InChI=1S/C17H25NOS/c1-4-9-15-12-16(17(20-15)18-5-2)13(3)19-14-10-7-6-8-11-14/h5,12,14H,3-4,6-11H2,1-2H3. The highest BCUT2D eigenvalue weighted by Gasteiger charge is 2.18. The van der Waals surface area contributed by atoms with Crippen LogP contribution in [0.2, 0.25) is 0 Å². The summed E-state index contributed by atoms with van der Waals surface area (Å²) in [5.41, 5.74) is 1.09. The average Bonchev–Trinajstić information content (AvgIpc) is 2.84. The van der Waals surface area contributed by atoms with Crippen molar-refractivity contribution in [1.82, 2.24) is 0 Å². The molecule has 1 saturated carbocycles. The van der Waals surface area contributed by atoms with Crippen LogP contribution < -0.4 is 0 Å². The third-order valence-electron chi connectivity index (χ3n) is 3.67. The van der Waals surface area contributed by atoms with Gasteiger partial charge in [0.05, 0.1) is 11.7 Å². The Balaban J connectivity index is 2.10. The maximum absolute atomic E-state index is 6.09. The van der Waals surface area contributed by atoms with E-state index in [0.717, 1.165) is 42.0 Å². The van der Waals surface area contributed by atoms with Gasteiger partial charge in [0.1, 0.15) is 10.8 Å². The normalized spacial score (nSPS) is 16.7. The Labute approximate surface area is 126 Å². The lowest BCUT2D eigenvalue weighted by Gasteiger charge is -2.23. The van der Waals surface area contributed by atoms with Crippen LogP contribution >= 0.6 is 11.3 Å². The molecule has 0 spiro atoms. The fraction of sp³-hybridized carbons (Fsp3) is 0.588. The Bertz CT molecular complexity index is 469. The predicted molar refractivity (Wildman–Crippen MR) is 89.1 cm³/mol. The van der Waals surface area contributed by atoms with E-state index in [1.807, 2.05) is 13.1 Å². The molecular formula is C17H25NOS. The fourth-order valence-electron chi connectivity index (χ4n) is 2.66. The van der Waals surface area contributed by atoms with E-state index in [0.29, 0.717) is 6.10 Å². The molecule has 1 aliphatic carbocycles. The zero-order valence-corrected chi connectivity index (χ0v) is 13.5. The summed E-state index contributed by atoms with van der Waals surface area (Å²) in [5.74, 6) is 0.802. The second-order valence-corrected chi connectivity index (χ2v) is 6.49. The number of ether oxygens (including phenoxy) is 1. The number of aliphatic imine (C=N–C) groups is 1. The van der Waals surface area contributed by atoms with Gasteiger partial charge in [-0.05, 0) is 45.1 Å². The van der Waals surface area contributed by atoms with Crippen LogP contribution in [0.4, 0.5) is 5.00 Å². The second-order valence-electron chi connectivity index (χ2n) is 5.37. The number of hydrogen-bond donors (Lipinski definition) is 0. The molecule has 1 aliphatic rings. The number of aryl methyl sites for hydroxylation is 1. The lowest BCUT2D eigenvalue weighted by atomic mass is 9.98. The lowest BCUT2D eigenvalue weighted by Crippen LogP contribution is -2.15. The predicted octanol–water partition coefficient (Wildman–Crippen LogP) is 5.74. The Morgan fingerprint density at radius 3 is 2.85 bits per heavy atom. The van der Waals surface area contributed by atoms with E-state index in [-0.39, 0.29) is 0 Å². The summed E-state index contributed by atoms with van der Waals surface area (Å²) in [6.07, 6.45) is 10.7. The molecule has 20 heavy (non-hydrogen) atoms. The molecule has 0 bridgehead atoms. The lowest BCUT2D eigenvalue weighted by molar-refractivity contribution is 0.125. The van der Waals surface area contributed by atoms with Crippen LogP contribution in [0.1, 0.15) is 62.8 Å². The fourth-order valence-corrected chi connectivity index (χ4v) is 3.83. The smallest absolute Gasteiger partial charge is 0.126 e. The van der Waals surface area contributed by atoms with Crippen molar-refractivity contribution < 1.29 is 4.74 Å². The number of thiophene rings is 1. The average molecular weight is 291 g/mol. The topological polar surface area (TPSA) is 21.6 Å². The van der Waals surface area contributed by atoms with Crippen LogP contribution in [0, 0.1) is 0 Å². The summed E-state index contributed by atoms with van der Waals surface area (Å²) in [6.45, 7) is 8.30. The minimum Gasteiger partial charge on any atom is -0.490 e. The minimum absolute atomic E-state index is 0.351. The monoisotopic (exact) mass is 291 g/mol. The van der Waals surface area contributed by atoms with Crippen LogP contribution in [0.25, 0.3) is 5.76 Å². The van der Waals surface area contributed by atoms with Crippen LogP contribution in [-0.4, -0.2) is 12.3 Å². The quantitative estimate of drug-likeness (QED) is 0.483. The Kier molecular flexibility index (Phi) is 5.84. The summed E-state index contributed by atoms with van der Waals surface area (Å²) in [7, 11) is 0. The van der Waals surface area contributed by atoms with Gasteiger partial charge in [0.25, 0.3) is 0 Å². The molecule has 0 aromatic carbocycles. The van der Waals surface area contributed by atoms with Gasteiger partial charge in [-0.3, -0.25) is 0 Å². The van der Waals surface area contributed by atoms with Crippen molar-refractivity contribution in [3.8, 4) is 0 Å². The molecule has 1 aromatic heterocycles. The molecule has 3 heteroatoms. The molecule has 0 radical (unpaired) electrons. The van der Waals surface area contributed by atoms with Gasteiger partial charge >= 0.3 is 0 Å². The maximum Gasteiger partial charge on any atom is 0.126 e. The summed E-state index contributed by atoms with van der Waals surface area (Å²) < 4.78 is 6.09. The number of rotatable bonds is 6. The van der Waals surface area contributed by atoms with Gasteiger partial charge in [-0.15, -0.1) is 11.3 Å². The van der Waals surface area contributed by atoms with E-state index in [2.05, 4.69) is 24.6 Å². The van der Waals surface area contributed by atoms with Crippen LogP contribution in [0.5, 0.6) is 0 Å². The second kappa shape index (κ2) is 7.63. The van der Waals surface area contributed by atoms with E-state index >= 15 is 0 Å². The third kappa shape index (κ3) is 3.95. The van der Waals surface area contributed by atoms with Gasteiger partial charge in [-0.1, -0.05) is 26.3 Å². The molecule has 0 aliphatic heterocycles. The summed E-state index contributed by atoms with van der Waals surface area (Å²) >= 11 is 1.76. The van der Waals surface area contributed by atoms with Crippen molar-refractivity contribution >= 4 is 28.3 Å². The van der Waals surface area contributed by atoms with Gasteiger partial charge in [-0.25, -0.2) is 4.99 Å². The van der Waals surface area contributed by atoms with Crippen molar-refractivity contribution in [2.75, 3.05) is 0 Å². The van der Waals surface area contributed by atoms with Gasteiger partial charge in [0.15, 0.2) is 0 Å². The minimum atomic E-state index is 0.351. The SMILES string of the molecule is C=C(OC1CCCCC1)c1cc(CCC)sc1N=CC. The molecule has 2 nitrogen and oxygen atoms in total. The molecule has 1 aromatic rings. The summed E-state index contributed by atoms with van der Waals surface area (Å²) in [5, 5.41) is 1.04. The van der Waals surface area contributed by atoms with Crippen LogP contribution in [0.3, 0.4) is 0 Å². The number of hydrogen-bond acceptors (Lipinski definition) is 3. The first kappa shape index (κ1) is 15.3. The van der Waals surface area contributed by atoms with Crippen molar-refractivity contribution in [2.24, 2.45) is 4.99 Å². The van der Waals surface area contributed by atoms with Crippen molar-refractivity contribution in [1.29, 1.82) is 0 Å². The molecule has 2 rings (SSSR count). The van der Waals surface area contributed by atoms with Crippen molar-refractivity contribution in [3.05, 3.63) is 23.1 Å². The highest BCUT2D eigenvalue weighted by atomic mass is 32.1. The molecule has 1 fully saturated rings. The molecular weight excluding hydrogens is 266 g/mol. The Morgan fingerprint density at radius 2 is 2.20 bits per heavy atom. The van der Waals surface area contributed by atoms with Gasteiger partial charge < -0.3 is 4.74 Å². The molecule has 0 saturated heterocycles. The highest BCUT2D eigenvalue weighted by Crippen LogP contribution is 2.37. The third-order valence-corrected chi connectivity index (χ3v) is 4.77. The maximum atomic E-state index is 6.09. The Morgan fingerprint density at radius 1 is 1.45 bits per heavy atom. The van der Waals surface area contributed by atoms with Crippen molar-refractivity contribution in [2.45, 2.75) is 64.9 Å². The Hall–Kier alpha value is -1.09. The zero-order valence-electron chi connectivity index (χ0n) is 12.7. The summed E-state index contributed by atoms with van der Waals surface area (Å²) in [6, 6.07) is 2.21. The van der Waals surface area contributed by atoms with Gasteiger partial charge in [-0.2, -0.15) is 0 Å². The van der Waals surface area contributed by atoms with E-state index in [1.165, 1.54) is 24.1 Å². The molecule has 0 unspecified atom stereocenters. The van der Waals surface area contributed by atoms with E-state index in [4.69, 9.17) is 4.74 Å². The molecule has 1 heterocycles. The first-order valence-electron chi connectivity index (χ1n) is 7.72. The van der Waals surface area contributed by atoms with Crippen LogP contribution in [-0.2, 0) is 11.2 Å². The van der Waals surface area contributed by atoms with Crippen LogP contribution in [0.15, 0.2) is 17.6 Å². The highest BCUT2D eigenvalue weighted by molar-refractivity contribution is 7.16. The molecule has 0 atom stereocenters. The van der Waals surface area contributed by atoms with E-state index in [9.17, 15) is 0 Å². The van der Waals surface area contributed by atoms with E-state index in [1.54, 1.807) is 11.3 Å². The molecule has 110 valence electrons. The van der Waals surface area contributed by atoms with Gasteiger partial charge in [0.2, 0.25) is 0 Å². The first-order valence-corrected chi connectivity index (χ1v) is 8.53. The first-order chi connectivity index (χ1) is 9.74. The number of nitrogens with zero attached hydrogens (tertiary/aromatic N) is 1. The van der Waals surface area contributed by atoms with Gasteiger partial charge in [0, 0.05) is 11.1 Å². The molecule has 0 N–H and O–H groups in total. The zero-order chi connectivity index (χ0) is 14.4. The van der Waals surface area contributed by atoms with Crippen molar-refractivity contribution in [3.63, 3.8) is 0 Å². The van der Waals surface area contributed by atoms with E-state index < -0.39 is 0 Å². The largest absolute Gasteiger partial charge is 0.490 e. The molecule has 0 amide bonds.